The second kappa shape index (κ2) is 8.49. The van der Waals surface area contributed by atoms with Crippen LogP contribution in [0.5, 0.6) is 5.75 Å². The van der Waals surface area contributed by atoms with Crippen molar-refractivity contribution in [2.75, 3.05) is 7.11 Å². The second-order valence-corrected chi connectivity index (χ2v) is 8.43. The largest absolute Gasteiger partial charge is 0.497 e. The van der Waals surface area contributed by atoms with E-state index in [0.717, 1.165) is 34.3 Å². The molecule has 0 saturated carbocycles. The average molecular weight is 444 g/mol. The Hall–Kier alpha value is -2.84. The molecular formula is C21H18ClN3O4S. The lowest BCUT2D eigenvalue weighted by atomic mass is 9.98. The number of hydrazone groups is 1. The summed E-state index contributed by atoms with van der Waals surface area (Å²) in [5.74, 6) is -0.725. The first-order valence-electron chi connectivity index (χ1n) is 9.22. The smallest absolute Gasteiger partial charge is 0.305 e. The minimum Gasteiger partial charge on any atom is -0.497 e. The number of ether oxygens (including phenoxy) is 1. The van der Waals surface area contributed by atoms with Gasteiger partial charge < -0.3 is 9.84 Å². The summed E-state index contributed by atoms with van der Waals surface area (Å²) in [5, 5.41) is 15.8. The number of benzene rings is 2. The number of nitrogens with zero attached hydrogens (tertiary/aromatic N) is 3. The van der Waals surface area contributed by atoms with Gasteiger partial charge in [-0.2, -0.15) is 10.1 Å². The monoisotopic (exact) mass is 443 g/mol. The number of amidine groups is 1. The topological polar surface area (TPSA) is 91.6 Å². The van der Waals surface area contributed by atoms with Gasteiger partial charge in [-0.25, -0.2) is 5.01 Å². The van der Waals surface area contributed by atoms with Crippen molar-refractivity contribution in [2.24, 2.45) is 10.1 Å². The Morgan fingerprint density at radius 1 is 1.23 bits per heavy atom. The van der Waals surface area contributed by atoms with Crippen LogP contribution in [0.2, 0.25) is 5.02 Å². The Morgan fingerprint density at radius 2 is 1.93 bits per heavy atom. The molecule has 2 aromatic rings. The maximum Gasteiger partial charge on any atom is 0.305 e. The van der Waals surface area contributed by atoms with Crippen LogP contribution in [0.25, 0.3) is 0 Å². The van der Waals surface area contributed by atoms with E-state index in [9.17, 15) is 9.59 Å². The first kappa shape index (κ1) is 20.4. The van der Waals surface area contributed by atoms with E-state index < -0.39 is 17.1 Å². The Balaban J connectivity index is 1.66. The highest BCUT2D eigenvalue weighted by Gasteiger charge is 2.39. The molecule has 7 nitrogen and oxygen atoms in total. The summed E-state index contributed by atoms with van der Waals surface area (Å²) >= 11 is 7.18. The Kier molecular flexibility index (Phi) is 5.78. The first-order valence-corrected chi connectivity index (χ1v) is 10.5. The number of methoxy groups -OCH3 is 1. The standard InChI is InChI=1S/C21H18ClN3O4S/c1-29-15-8-4-12(5-9-15)16-10-17(13-2-6-14(22)7-3-13)25(24-16)21-23-20(28)18(30-21)11-19(26)27/h2-9,17-18H,10-11H2,1H3,(H,26,27). The molecule has 0 spiro atoms. The molecule has 30 heavy (non-hydrogen) atoms. The molecule has 2 atom stereocenters. The number of thioether (sulfide) groups is 1. The molecule has 2 aliphatic heterocycles. The van der Waals surface area contributed by atoms with Crippen molar-refractivity contribution in [2.45, 2.75) is 24.1 Å². The van der Waals surface area contributed by atoms with E-state index in [0.29, 0.717) is 16.6 Å². The molecule has 9 heteroatoms. The third-order valence-electron chi connectivity index (χ3n) is 4.87. The lowest BCUT2D eigenvalue weighted by Crippen LogP contribution is -2.24. The molecule has 0 aromatic heterocycles. The maximum atomic E-state index is 12.2. The lowest BCUT2D eigenvalue weighted by Gasteiger charge is -2.23. The fourth-order valence-electron chi connectivity index (χ4n) is 3.35. The zero-order valence-corrected chi connectivity index (χ0v) is 17.6. The normalized spacial score (nSPS) is 20.9. The van der Waals surface area contributed by atoms with Gasteiger partial charge in [0.15, 0.2) is 5.17 Å². The van der Waals surface area contributed by atoms with E-state index in [1.54, 1.807) is 12.1 Å². The van der Waals surface area contributed by atoms with Gasteiger partial charge in [-0.15, -0.1) is 0 Å². The number of halogens is 1. The van der Waals surface area contributed by atoms with Crippen LogP contribution in [0.3, 0.4) is 0 Å². The van der Waals surface area contributed by atoms with Crippen LogP contribution in [0.4, 0.5) is 0 Å². The van der Waals surface area contributed by atoms with Crippen molar-refractivity contribution >= 4 is 46.1 Å². The highest BCUT2D eigenvalue weighted by Crippen LogP contribution is 2.38. The van der Waals surface area contributed by atoms with Crippen LogP contribution >= 0.6 is 23.4 Å². The third-order valence-corrected chi connectivity index (χ3v) is 6.27. The van der Waals surface area contributed by atoms with Crippen LogP contribution in [0, 0.1) is 0 Å². The summed E-state index contributed by atoms with van der Waals surface area (Å²) in [6, 6.07) is 14.9. The molecule has 1 amide bonds. The number of hydrogen-bond acceptors (Lipinski definition) is 6. The van der Waals surface area contributed by atoms with Gasteiger partial charge in [-0.3, -0.25) is 9.59 Å². The first-order chi connectivity index (χ1) is 14.4. The molecule has 1 N–H and O–H groups in total. The zero-order valence-electron chi connectivity index (χ0n) is 16.0. The molecule has 2 aromatic carbocycles. The van der Waals surface area contributed by atoms with Gasteiger partial charge in [0.1, 0.15) is 11.0 Å². The predicted octanol–water partition coefficient (Wildman–Crippen LogP) is 3.97. The van der Waals surface area contributed by atoms with Gasteiger partial charge in [0.05, 0.1) is 25.3 Å². The summed E-state index contributed by atoms with van der Waals surface area (Å²) in [7, 11) is 1.61. The molecule has 0 saturated heterocycles. The molecule has 4 rings (SSSR count). The Morgan fingerprint density at radius 3 is 2.57 bits per heavy atom. The van der Waals surface area contributed by atoms with Gasteiger partial charge in [0.25, 0.3) is 5.91 Å². The van der Waals surface area contributed by atoms with E-state index in [-0.39, 0.29) is 12.5 Å². The average Bonchev–Trinajstić information content (AvgIpc) is 3.32. The number of carboxylic acid groups (broad SMARTS) is 1. The molecule has 2 aliphatic rings. The highest BCUT2D eigenvalue weighted by atomic mass is 35.5. The number of carboxylic acids is 1. The van der Waals surface area contributed by atoms with Gasteiger partial charge in [-0.05, 0) is 47.5 Å². The van der Waals surface area contributed by atoms with Crippen molar-refractivity contribution in [1.82, 2.24) is 5.01 Å². The highest BCUT2D eigenvalue weighted by molar-refractivity contribution is 8.15. The van der Waals surface area contributed by atoms with Crippen molar-refractivity contribution in [1.29, 1.82) is 0 Å². The van der Waals surface area contributed by atoms with Gasteiger partial charge in [-0.1, -0.05) is 35.5 Å². The fraction of sp³-hybridized carbons (Fsp3) is 0.238. The minimum atomic E-state index is -1.03. The summed E-state index contributed by atoms with van der Waals surface area (Å²) < 4.78 is 5.22. The van der Waals surface area contributed by atoms with E-state index in [1.807, 2.05) is 48.5 Å². The van der Waals surface area contributed by atoms with Crippen molar-refractivity contribution in [3.05, 3.63) is 64.7 Å². The molecular weight excluding hydrogens is 426 g/mol. The van der Waals surface area contributed by atoms with E-state index in [4.69, 9.17) is 26.5 Å². The quantitative estimate of drug-likeness (QED) is 0.751. The van der Waals surface area contributed by atoms with Crippen LogP contribution in [0.15, 0.2) is 58.6 Å². The summed E-state index contributed by atoms with van der Waals surface area (Å²) in [4.78, 5) is 27.4. The predicted molar refractivity (Wildman–Crippen MR) is 116 cm³/mol. The number of carbonyl (C=O) groups is 2. The Labute approximate surface area is 182 Å². The number of hydrogen-bond donors (Lipinski definition) is 1. The number of rotatable bonds is 5. The molecule has 2 heterocycles. The number of carbonyl (C=O) groups excluding carboxylic acids is 1. The molecule has 0 bridgehead atoms. The maximum absolute atomic E-state index is 12.2. The van der Waals surface area contributed by atoms with E-state index >= 15 is 0 Å². The van der Waals surface area contributed by atoms with Crippen LogP contribution in [0.1, 0.15) is 30.0 Å². The van der Waals surface area contributed by atoms with Gasteiger partial charge in [0.2, 0.25) is 0 Å². The molecule has 0 radical (unpaired) electrons. The summed E-state index contributed by atoms with van der Waals surface area (Å²) in [6.45, 7) is 0. The van der Waals surface area contributed by atoms with Gasteiger partial charge >= 0.3 is 5.97 Å². The number of amides is 1. The van der Waals surface area contributed by atoms with E-state index in [2.05, 4.69) is 4.99 Å². The zero-order chi connectivity index (χ0) is 21.3. The third kappa shape index (κ3) is 4.20. The molecule has 154 valence electrons. The van der Waals surface area contributed by atoms with Crippen molar-refractivity contribution in [3.63, 3.8) is 0 Å². The van der Waals surface area contributed by atoms with Crippen LogP contribution < -0.4 is 4.74 Å². The van der Waals surface area contributed by atoms with Gasteiger partial charge in [0, 0.05) is 11.4 Å². The van der Waals surface area contributed by atoms with E-state index in [1.165, 1.54) is 0 Å². The summed E-state index contributed by atoms with van der Waals surface area (Å²) in [5.41, 5.74) is 2.76. The lowest BCUT2D eigenvalue weighted by molar-refractivity contribution is -0.138. The molecule has 0 aliphatic carbocycles. The van der Waals surface area contributed by atoms with Crippen LogP contribution in [-0.4, -0.2) is 45.2 Å². The summed E-state index contributed by atoms with van der Waals surface area (Å²) in [6.07, 6.45) is 0.330. The Bertz CT molecular complexity index is 1040. The van der Waals surface area contributed by atoms with Crippen LogP contribution in [-0.2, 0) is 9.59 Å². The molecule has 0 fully saturated rings. The number of aliphatic carboxylic acids is 1. The van der Waals surface area contributed by atoms with Crippen molar-refractivity contribution in [3.8, 4) is 5.75 Å². The van der Waals surface area contributed by atoms with Crippen molar-refractivity contribution < 1.29 is 19.4 Å². The SMILES string of the molecule is COc1ccc(C2=NN(C3=NC(=O)C(CC(=O)O)S3)C(c3ccc(Cl)cc3)C2)cc1. The minimum absolute atomic E-state index is 0.179. The number of aliphatic imine (C=N–C) groups is 1. The second-order valence-electron chi connectivity index (χ2n) is 6.83. The fourth-order valence-corrected chi connectivity index (χ4v) is 4.53. The molecule has 2 unspecified atom stereocenters.